The van der Waals surface area contributed by atoms with Crippen LogP contribution in [0.5, 0.6) is 5.75 Å². The zero-order valence-corrected chi connectivity index (χ0v) is 28.8. The van der Waals surface area contributed by atoms with Crippen molar-refractivity contribution >= 4 is 43.5 Å². The molecule has 0 aromatic heterocycles. The highest BCUT2D eigenvalue weighted by Crippen LogP contribution is 2.28. The number of hydrogen-bond acceptors (Lipinski definition) is 5. The highest BCUT2D eigenvalue weighted by molar-refractivity contribution is 9.10. The summed E-state index contributed by atoms with van der Waals surface area (Å²) < 4.78 is 35.5. The van der Waals surface area contributed by atoms with Gasteiger partial charge in [0.2, 0.25) is 11.8 Å². The lowest BCUT2D eigenvalue weighted by atomic mass is 10.0. The molecule has 0 saturated carbocycles. The Balaban J connectivity index is 1.80. The van der Waals surface area contributed by atoms with E-state index in [9.17, 15) is 18.0 Å². The number of amides is 2. The van der Waals surface area contributed by atoms with Gasteiger partial charge in [-0.05, 0) is 66.9 Å². The Kier molecular flexibility index (Phi) is 12.4. The summed E-state index contributed by atoms with van der Waals surface area (Å²) in [5, 5.41) is 3.01. The largest absolute Gasteiger partial charge is 0.497 e. The molecule has 8 nitrogen and oxygen atoms in total. The highest BCUT2D eigenvalue weighted by Gasteiger charge is 2.34. The van der Waals surface area contributed by atoms with Crippen LogP contribution in [0.4, 0.5) is 5.69 Å². The van der Waals surface area contributed by atoms with E-state index in [1.54, 1.807) is 49.6 Å². The van der Waals surface area contributed by atoms with Crippen LogP contribution in [0.2, 0.25) is 0 Å². The van der Waals surface area contributed by atoms with Gasteiger partial charge < -0.3 is 15.0 Å². The van der Waals surface area contributed by atoms with Gasteiger partial charge in [0, 0.05) is 24.0 Å². The monoisotopic (exact) mass is 705 g/mol. The number of nitrogens with one attached hydrogen (secondary N) is 1. The van der Waals surface area contributed by atoms with E-state index >= 15 is 0 Å². The molecule has 10 heteroatoms. The van der Waals surface area contributed by atoms with Crippen molar-refractivity contribution in [3.63, 3.8) is 0 Å². The minimum absolute atomic E-state index is 0.0587. The maximum atomic E-state index is 14.6. The third kappa shape index (κ3) is 9.20. The second kappa shape index (κ2) is 16.4. The number of benzene rings is 4. The Morgan fingerprint density at radius 1 is 0.891 bits per heavy atom. The van der Waals surface area contributed by atoms with Crippen LogP contribution in [0.3, 0.4) is 0 Å². The first-order chi connectivity index (χ1) is 22.1. The normalized spacial score (nSPS) is 11.8. The quantitative estimate of drug-likeness (QED) is 0.142. The maximum Gasteiger partial charge on any atom is 0.264 e. The molecule has 4 aromatic carbocycles. The number of hydrogen-bond donors (Lipinski definition) is 1. The van der Waals surface area contributed by atoms with Crippen LogP contribution in [0, 0.1) is 6.92 Å². The van der Waals surface area contributed by atoms with Crippen molar-refractivity contribution in [2.24, 2.45) is 0 Å². The predicted octanol–water partition coefficient (Wildman–Crippen LogP) is 6.52. The maximum absolute atomic E-state index is 14.6. The van der Waals surface area contributed by atoms with Gasteiger partial charge in [0.1, 0.15) is 18.3 Å². The lowest BCUT2D eigenvalue weighted by Gasteiger charge is -2.34. The molecule has 0 aliphatic heterocycles. The number of nitrogens with zero attached hydrogens (tertiary/aromatic N) is 2. The summed E-state index contributed by atoms with van der Waals surface area (Å²) in [5.41, 5.74) is 2.84. The minimum atomic E-state index is -4.18. The van der Waals surface area contributed by atoms with Gasteiger partial charge in [0.05, 0.1) is 17.7 Å². The minimum Gasteiger partial charge on any atom is -0.497 e. The molecule has 4 rings (SSSR count). The summed E-state index contributed by atoms with van der Waals surface area (Å²) in [6.07, 6.45) is 1.93. The summed E-state index contributed by atoms with van der Waals surface area (Å²) in [6.45, 7) is 3.92. The molecule has 2 amide bonds. The van der Waals surface area contributed by atoms with Gasteiger partial charge in [-0.15, -0.1) is 0 Å². The van der Waals surface area contributed by atoms with Crippen LogP contribution in [0.1, 0.15) is 36.5 Å². The van der Waals surface area contributed by atoms with Crippen molar-refractivity contribution < 1.29 is 22.7 Å². The van der Waals surface area contributed by atoms with Crippen molar-refractivity contribution in [3.05, 3.63) is 124 Å². The molecule has 0 radical (unpaired) electrons. The van der Waals surface area contributed by atoms with Crippen LogP contribution in [0.15, 0.2) is 112 Å². The van der Waals surface area contributed by atoms with Crippen molar-refractivity contribution in [1.82, 2.24) is 10.2 Å². The van der Waals surface area contributed by atoms with Gasteiger partial charge in [-0.2, -0.15) is 0 Å². The van der Waals surface area contributed by atoms with Crippen molar-refractivity contribution in [2.75, 3.05) is 24.5 Å². The second-order valence-corrected chi connectivity index (χ2v) is 13.8. The van der Waals surface area contributed by atoms with Crippen LogP contribution < -0.4 is 14.4 Å². The fourth-order valence-electron chi connectivity index (χ4n) is 5.03. The smallest absolute Gasteiger partial charge is 0.264 e. The molecule has 0 aliphatic rings. The lowest BCUT2D eigenvalue weighted by Crippen LogP contribution is -2.53. The zero-order chi connectivity index (χ0) is 33.1. The molecule has 0 fully saturated rings. The third-order valence-electron chi connectivity index (χ3n) is 7.57. The number of unbranched alkanes of at least 4 members (excludes halogenated alkanes) is 1. The zero-order valence-electron chi connectivity index (χ0n) is 26.4. The van der Waals surface area contributed by atoms with E-state index in [2.05, 4.69) is 21.2 Å². The van der Waals surface area contributed by atoms with E-state index in [0.717, 1.165) is 33.8 Å². The van der Waals surface area contributed by atoms with E-state index in [0.29, 0.717) is 22.5 Å². The van der Waals surface area contributed by atoms with Crippen LogP contribution in [0.25, 0.3) is 0 Å². The van der Waals surface area contributed by atoms with E-state index in [4.69, 9.17) is 4.74 Å². The fourth-order valence-corrected chi connectivity index (χ4v) is 6.82. The standard InChI is InChI=1S/C36H40BrN3O5S/c1-4-5-21-38-36(42)34(23-28-11-7-6-8-12-28)39(25-29-13-9-16-32(22-29)45-3)35(41)26-40(31-15-10-14-30(37)24-31)46(43,44)33-19-17-27(2)18-20-33/h6-20,22,24,34H,4-5,21,23,25-26H2,1-3H3,(H,38,42)/t34-/m0/s1. The van der Waals surface area contributed by atoms with Gasteiger partial charge >= 0.3 is 0 Å². The Morgan fingerprint density at radius 2 is 1.59 bits per heavy atom. The first-order valence-corrected chi connectivity index (χ1v) is 17.4. The molecule has 46 heavy (non-hydrogen) atoms. The Morgan fingerprint density at radius 3 is 2.26 bits per heavy atom. The molecule has 242 valence electrons. The molecule has 0 aliphatic carbocycles. The Labute approximate surface area is 280 Å². The Bertz CT molecular complexity index is 1720. The molecule has 4 aromatic rings. The molecule has 0 unspecified atom stereocenters. The van der Waals surface area contributed by atoms with E-state index in [-0.39, 0.29) is 23.8 Å². The number of carbonyl (C=O) groups excluding carboxylic acids is 2. The van der Waals surface area contributed by atoms with Crippen LogP contribution in [-0.2, 0) is 32.6 Å². The molecular formula is C36H40BrN3O5S. The summed E-state index contributed by atoms with van der Waals surface area (Å²) in [5.74, 6) is -0.219. The number of sulfonamides is 1. The number of rotatable bonds is 15. The molecule has 0 spiro atoms. The molecule has 1 atom stereocenters. The van der Waals surface area contributed by atoms with Crippen LogP contribution >= 0.6 is 15.9 Å². The van der Waals surface area contributed by atoms with Gasteiger partial charge in [0.15, 0.2) is 0 Å². The predicted molar refractivity (Wildman–Crippen MR) is 185 cm³/mol. The summed E-state index contributed by atoms with van der Waals surface area (Å²) in [7, 11) is -2.61. The van der Waals surface area contributed by atoms with Gasteiger partial charge in [-0.25, -0.2) is 8.42 Å². The van der Waals surface area contributed by atoms with Gasteiger partial charge in [-0.1, -0.05) is 95.5 Å². The number of carbonyl (C=O) groups is 2. The summed E-state index contributed by atoms with van der Waals surface area (Å²) in [4.78, 5) is 30.0. The average molecular weight is 707 g/mol. The lowest BCUT2D eigenvalue weighted by molar-refractivity contribution is -0.140. The number of aryl methyl sites for hydroxylation is 1. The third-order valence-corrected chi connectivity index (χ3v) is 9.85. The highest BCUT2D eigenvalue weighted by atomic mass is 79.9. The first kappa shape index (κ1) is 34.7. The number of ether oxygens (including phenoxy) is 1. The SMILES string of the molecule is CCCCNC(=O)[C@H](Cc1ccccc1)N(Cc1cccc(OC)c1)C(=O)CN(c1cccc(Br)c1)S(=O)(=O)c1ccc(C)cc1. The van der Waals surface area contributed by atoms with Crippen LogP contribution in [-0.4, -0.2) is 51.4 Å². The Hall–Kier alpha value is -4.15. The molecule has 1 N–H and O–H groups in total. The molecule has 0 heterocycles. The van der Waals surface area contributed by atoms with Gasteiger partial charge in [0.25, 0.3) is 10.0 Å². The molecular weight excluding hydrogens is 666 g/mol. The molecule has 0 saturated heterocycles. The summed E-state index contributed by atoms with van der Waals surface area (Å²) >= 11 is 3.44. The van der Waals surface area contributed by atoms with Crippen molar-refractivity contribution in [1.29, 1.82) is 0 Å². The van der Waals surface area contributed by atoms with E-state index < -0.39 is 28.5 Å². The summed E-state index contributed by atoms with van der Waals surface area (Å²) in [6, 6.07) is 29.2. The van der Waals surface area contributed by atoms with Gasteiger partial charge in [-0.3, -0.25) is 13.9 Å². The number of anilines is 1. The second-order valence-electron chi connectivity index (χ2n) is 11.0. The van der Waals surface area contributed by atoms with Crippen molar-refractivity contribution in [2.45, 2.75) is 50.6 Å². The molecule has 0 bridgehead atoms. The van der Waals surface area contributed by atoms with E-state index in [1.807, 2.05) is 62.4 Å². The van der Waals surface area contributed by atoms with E-state index in [1.165, 1.54) is 17.0 Å². The topological polar surface area (TPSA) is 96.0 Å². The van der Waals surface area contributed by atoms with Crippen molar-refractivity contribution in [3.8, 4) is 5.75 Å². The average Bonchev–Trinajstić information content (AvgIpc) is 3.05. The first-order valence-electron chi connectivity index (χ1n) is 15.2. The fraction of sp³-hybridized carbons (Fsp3) is 0.278. The number of methoxy groups -OCH3 is 1. The number of halogens is 1.